The van der Waals surface area contributed by atoms with Crippen LogP contribution in [0.2, 0.25) is 0 Å². The summed E-state index contributed by atoms with van der Waals surface area (Å²) in [7, 11) is 0. The molecule has 0 spiro atoms. The highest BCUT2D eigenvalue weighted by atomic mass is 19.1. The van der Waals surface area contributed by atoms with Crippen LogP contribution >= 0.6 is 0 Å². The molecule has 1 aromatic carbocycles. The lowest BCUT2D eigenvalue weighted by Gasteiger charge is -2.37. The highest BCUT2D eigenvalue weighted by molar-refractivity contribution is 5.97. The van der Waals surface area contributed by atoms with Crippen molar-refractivity contribution in [2.75, 3.05) is 36.8 Å². The lowest BCUT2D eigenvalue weighted by molar-refractivity contribution is 0.0240. The van der Waals surface area contributed by atoms with E-state index in [0.29, 0.717) is 31.9 Å². The Labute approximate surface area is 178 Å². The molecule has 1 aliphatic rings. The van der Waals surface area contributed by atoms with Crippen LogP contribution < -0.4 is 22.1 Å². The summed E-state index contributed by atoms with van der Waals surface area (Å²) in [6.45, 7) is 6.92. The van der Waals surface area contributed by atoms with E-state index in [0.717, 1.165) is 4.57 Å². The van der Waals surface area contributed by atoms with Gasteiger partial charge in [-0.2, -0.15) is 4.98 Å². The van der Waals surface area contributed by atoms with Crippen LogP contribution in [0.4, 0.5) is 20.7 Å². The van der Waals surface area contributed by atoms with Crippen molar-refractivity contribution in [2.45, 2.75) is 26.4 Å². The predicted molar refractivity (Wildman–Crippen MR) is 113 cm³/mol. The molecule has 1 fully saturated rings. The van der Waals surface area contributed by atoms with E-state index in [4.69, 9.17) is 16.2 Å². The summed E-state index contributed by atoms with van der Waals surface area (Å²) in [6, 6.07) is 4.03. The Morgan fingerprint density at radius 1 is 1.16 bits per heavy atom. The van der Waals surface area contributed by atoms with E-state index in [2.05, 4.69) is 4.98 Å². The highest BCUT2D eigenvalue weighted by Gasteiger charge is 2.27. The molecule has 3 rings (SSSR count). The number of piperazine rings is 1. The molecule has 10 nitrogen and oxygen atoms in total. The minimum absolute atomic E-state index is 0.00299. The van der Waals surface area contributed by atoms with Crippen molar-refractivity contribution in [1.29, 1.82) is 0 Å². The average Bonchev–Trinajstić information content (AvgIpc) is 2.66. The molecule has 0 bridgehead atoms. The van der Waals surface area contributed by atoms with E-state index in [9.17, 15) is 18.8 Å². The zero-order valence-electron chi connectivity index (χ0n) is 17.6. The molecule has 0 saturated carbocycles. The largest absolute Gasteiger partial charge is 0.444 e. The van der Waals surface area contributed by atoms with E-state index in [1.54, 1.807) is 25.7 Å². The molecule has 4 N–H and O–H groups in total. The molecule has 0 radical (unpaired) electrons. The molecular formula is C20H25FN6O4. The van der Waals surface area contributed by atoms with Crippen molar-refractivity contribution < 1.29 is 18.7 Å². The van der Waals surface area contributed by atoms with E-state index in [-0.39, 0.29) is 11.5 Å². The molecule has 11 heteroatoms. The molecule has 2 amide bonds. The number of benzene rings is 1. The minimum Gasteiger partial charge on any atom is -0.444 e. The number of halogens is 1. The summed E-state index contributed by atoms with van der Waals surface area (Å²) in [5.74, 6) is -1.88. The smallest absolute Gasteiger partial charge is 0.410 e. The van der Waals surface area contributed by atoms with Gasteiger partial charge in [-0.1, -0.05) is 0 Å². The first-order valence-corrected chi connectivity index (χ1v) is 9.68. The zero-order chi connectivity index (χ0) is 22.9. The van der Waals surface area contributed by atoms with Crippen molar-refractivity contribution >= 4 is 23.5 Å². The first kappa shape index (κ1) is 22.1. The van der Waals surface area contributed by atoms with Crippen LogP contribution in [-0.4, -0.2) is 58.2 Å². The summed E-state index contributed by atoms with van der Waals surface area (Å²) in [5, 5.41) is 0. The summed E-state index contributed by atoms with van der Waals surface area (Å²) < 4.78 is 21.2. The maximum absolute atomic E-state index is 14.8. The second kappa shape index (κ2) is 8.25. The van der Waals surface area contributed by atoms with Crippen LogP contribution in [0, 0.1) is 5.82 Å². The van der Waals surface area contributed by atoms with Gasteiger partial charge in [0.15, 0.2) is 0 Å². The van der Waals surface area contributed by atoms with Crippen molar-refractivity contribution in [3.63, 3.8) is 0 Å². The Balaban J connectivity index is 1.90. The zero-order valence-corrected chi connectivity index (χ0v) is 17.6. The molecule has 0 unspecified atom stereocenters. The summed E-state index contributed by atoms with van der Waals surface area (Å²) in [4.78, 5) is 43.4. The second-order valence-corrected chi connectivity index (χ2v) is 8.15. The van der Waals surface area contributed by atoms with Gasteiger partial charge < -0.3 is 26.0 Å². The van der Waals surface area contributed by atoms with Crippen molar-refractivity contribution in [2.24, 2.45) is 5.73 Å². The Kier molecular flexibility index (Phi) is 5.87. The van der Waals surface area contributed by atoms with Crippen molar-refractivity contribution in [1.82, 2.24) is 14.5 Å². The molecule has 0 atom stereocenters. The molecule has 1 aliphatic heterocycles. The number of nitrogen functional groups attached to an aromatic ring is 1. The van der Waals surface area contributed by atoms with Crippen molar-refractivity contribution in [3.05, 3.63) is 46.3 Å². The van der Waals surface area contributed by atoms with Crippen LogP contribution in [-0.2, 0) is 4.74 Å². The number of ether oxygens (including phenoxy) is 1. The van der Waals surface area contributed by atoms with Gasteiger partial charge >= 0.3 is 11.8 Å². The third kappa shape index (κ3) is 4.93. The molecule has 0 aliphatic carbocycles. The molecule has 2 aromatic rings. The van der Waals surface area contributed by atoms with Gasteiger partial charge in [0.25, 0.3) is 5.91 Å². The van der Waals surface area contributed by atoms with Gasteiger partial charge in [0.05, 0.1) is 11.3 Å². The van der Waals surface area contributed by atoms with Crippen LogP contribution in [0.15, 0.2) is 29.2 Å². The maximum atomic E-state index is 14.8. The van der Waals surface area contributed by atoms with Gasteiger partial charge in [0, 0.05) is 38.1 Å². The van der Waals surface area contributed by atoms with Crippen LogP contribution in [0.25, 0.3) is 5.69 Å². The lowest BCUT2D eigenvalue weighted by atomic mass is 10.1. The Morgan fingerprint density at radius 2 is 1.81 bits per heavy atom. The molecular weight excluding hydrogens is 407 g/mol. The second-order valence-electron chi connectivity index (χ2n) is 8.15. The average molecular weight is 432 g/mol. The maximum Gasteiger partial charge on any atom is 0.410 e. The first-order chi connectivity index (χ1) is 14.5. The number of nitrogens with two attached hydrogens (primary N) is 2. The number of nitrogens with zero attached hydrogens (tertiary/aromatic N) is 4. The number of carbonyl (C=O) groups is 2. The highest BCUT2D eigenvalue weighted by Crippen LogP contribution is 2.26. The summed E-state index contributed by atoms with van der Waals surface area (Å²) in [6.07, 6.45) is 0.887. The number of aromatic nitrogens is 2. The monoisotopic (exact) mass is 432 g/mol. The molecule has 1 aromatic heterocycles. The van der Waals surface area contributed by atoms with Crippen LogP contribution in [0.3, 0.4) is 0 Å². The SMILES string of the molecule is CC(C)(C)OC(=O)N1CCN(c2cc(F)c(C(N)=O)c(-n3ccc(N)nc3=O)c2)CC1. The van der Waals surface area contributed by atoms with E-state index in [1.165, 1.54) is 24.4 Å². The van der Waals surface area contributed by atoms with Gasteiger partial charge in [-0.05, 0) is 39.0 Å². The number of primary amides is 1. The number of hydrogen-bond acceptors (Lipinski definition) is 7. The fraction of sp³-hybridized carbons (Fsp3) is 0.400. The summed E-state index contributed by atoms with van der Waals surface area (Å²) in [5.41, 5.74) is 9.47. The number of carbonyl (C=O) groups excluding carboxylic acids is 2. The minimum atomic E-state index is -1.02. The molecule has 2 heterocycles. The molecule has 31 heavy (non-hydrogen) atoms. The van der Waals surface area contributed by atoms with E-state index < -0.39 is 34.7 Å². The number of rotatable bonds is 3. The van der Waals surface area contributed by atoms with Gasteiger partial charge in [-0.25, -0.2) is 14.0 Å². The van der Waals surface area contributed by atoms with Gasteiger partial charge in [-0.3, -0.25) is 9.36 Å². The topological polar surface area (TPSA) is 137 Å². The summed E-state index contributed by atoms with van der Waals surface area (Å²) >= 11 is 0. The fourth-order valence-electron chi connectivity index (χ4n) is 3.27. The van der Waals surface area contributed by atoms with E-state index in [1.807, 2.05) is 4.90 Å². The van der Waals surface area contributed by atoms with Gasteiger partial charge in [-0.15, -0.1) is 0 Å². The number of anilines is 2. The Bertz CT molecular complexity index is 1070. The predicted octanol–water partition coefficient (Wildman–Crippen LogP) is 1.11. The Hall–Kier alpha value is -3.63. The molecule has 166 valence electrons. The third-order valence-corrected chi connectivity index (χ3v) is 4.68. The van der Waals surface area contributed by atoms with Gasteiger partial charge in [0.1, 0.15) is 17.2 Å². The third-order valence-electron chi connectivity index (χ3n) is 4.68. The van der Waals surface area contributed by atoms with Crippen LogP contribution in [0.5, 0.6) is 0 Å². The standard InChI is InChI=1S/C20H25FN6O4/c1-20(2,3)31-19(30)26-8-6-25(7-9-26)12-10-13(21)16(17(23)28)14(11-12)27-5-4-15(22)24-18(27)29/h4-5,10-11H,6-9H2,1-3H3,(H2,23,28)(H2,22,24,29). The molecule has 1 saturated heterocycles. The normalized spacial score (nSPS) is 14.5. The number of amides is 2. The van der Waals surface area contributed by atoms with Crippen LogP contribution in [0.1, 0.15) is 31.1 Å². The van der Waals surface area contributed by atoms with Gasteiger partial charge in [0.2, 0.25) is 0 Å². The quantitative estimate of drug-likeness (QED) is 0.741. The fourth-order valence-corrected chi connectivity index (χ4v) is 3.27. The first-order valence-electron chi connectivity index (χ1n) is 9.68. The number of hydrogen-bond donors (Lipinski definition) is 2. The lowest BCUT2D eigenvalue weighted by Crippen LogP contribution is -2.50. The Morgan fingerprint density at radius 3 is 2.35 bits per heavy atom. The van der Waals surface area contributed by atoms with Crippen molar-refractivity contribution in [3.8, 4) is 5.69 Å². The van der Waals surface area contributed by atoms with E-state index >= 15 is 0 Å².